The first-order valence-electron chi connectivity index (χ1n) is 23.4. The van der Waals surface area contributed by atoms with Gasteiger partial charge in [0.15, 0.2) is 5.65 Å². The maximum absolute atomic E-state index is 13.7. The van der Waals surface area contributed by atoms with Crippen molar-refractivity contribution >= 4 is 22.8 Å². The van der Waals surface area contributed by atoms with E-state index in [1.54, 1.807) is 6.33 Å². The molecular weight excluding hydrogens is 733 g/mol. The number of nitrogens with zero attached hydrogens (tertiary/aromatic N) is 7. The molecule has 6 aliphatic carbocycles. The van der Waals surface area contributed by atoms with Gasteiger partial charge in [0.25, 0.3) is 0 Å². The summed E-state index contributed by atoms with van der Waals surface area (Å²) in [5.74, 6) is 6.83. The van der Waals surface area contributed by atoms with Crippen LogP contribution in [0.4, 0.5) is 5.82 Å². The van der Waals surface area contributed by atoms with Crippen molar-refractivity contribution in [3.8, 4) is 22.8 Å². The van der Waals surface area contributed by atoms with Gasteiger partial charge in [0.1, 0.15) is 29.3 Å². The second-order valence-corrected chi connectivity index (χ2v) is 21.1. The Bertz CT molecular complexity index is 2130. The molecule has 9 aliphatic rings. The summed E-state index contributed by atoms with van der Waals surface area (Å²) in [4.78, 5) is 30.8. The molecule has 6 saturated carbocycles. The maximum atomic E-state index is 13.7. The number of nitrogen functional groups attached to an aromatic ring is 1. The number of fused-ring (bicyclic) bond motifs is 2. The number of hydrogen-bond acceptors (Lipinski definition) is 8. The van der Waals surface area contributed by atoms with Crippen LogP contribution in [-0.4, -0.2) is 91.7 Å². The van der Waals surface area contributed by atoms with Crippen LogP contribution in [-0.2, 0) is 4.79 Å². The third-order valence-electron chi connectivity index (χ3n) is 17.5. The molecule has 5 heterocycles. The van der Waals surface area contributed by atoms with Crippen molar-refractivity contribution in [1.29, 1.82) is 0 Å². The fraction of sp³-hybridized carbons (Fsp3) is 0.633. The van der Waals surface area contributed by atoms with E-state index < -0.39 is 0 Å². The van der Waals surface area contributed by atoms with Gasteiger partial charge in [-0.05, 0) is 180 Å². The van der Waals surface area contributed by atoms with Crippen LogP contribution >= 0.6 is 0 Å². The van der Waals surface area contributed by atoms with Gasteiger partial charge >= 0.3 is 0 Å². The van der Waals surface area contributed by atoms with Crippen LogP contribution in [0.15, 0.2) is 60.9 Å². The monoisotopic (exact) mass is 794 g/mol. The Morgan fingerprint density at radius 1 is 0.712 bits per heavy atom. The summed E-state index contributed by atoms with van der Waals surface area (Å²) >= 11 is 0. The van der Waals surface area contributed by atoms with E-state index in [4.69, 9.17) is 20.6 Å². The van der Waals surface area contributed by atoms with E-state index in [2.05, 4.69) is 36.5 Å². The van der Waals surface area contributed by atoms with Crippen LogP contribution in [0.2, 0.25) is 0 Å². The van der Waals surface area contributed by atoms with Crippen molar-refractivity contribution in [3.63, 3.8) is 0 Å². The lowest BCUT2D eigenvalue weighted by molar-refractivity contribution is -0.138. The van der Waals surface area contributed by atoms with Crippen LogP contribution in [0.5, 0.6) is 11.5 Å². The Kier molecular flexibility index (Phi) is 8.91. The van der Waals surface area contributed by atoms with Crippen molar-refractivity contribution in [2.75, 3.05) is 45.0 Å². The highest BCUT2D eigenvalue weighted by Crippen LogP contribution is 2.62. The van der Waals surface area contributed by atoms with Gasteiger partial charge in [-0.2, -0.15) is 5.10 Å². The second kappa shape index (κ2) is 14.3. The minimum atomic E-state index is 0.285. The van der Waals surface area contributed by atoms with Gasteiger partial charge in [-0.3, -0.25) is 4.79 Å². The number of amides is 1. The number of hydrogen-bond donors (Lipinski definition) is 1. The van der Waals surface area contributed by atoms with Gasteiger partial charge < -0.3 is 25.2 Å². The molecule has 1 spiro atoms. The summed E-state index contributed by atoms with van der Waals surface area (Å²) in [5, 5.41) is 6.02. The van der Waals surface area contributed by atoms with Crippen LogP contribution in [0.3, 0.4) is 0 Å². The number of piperidine rings is 2. The molecule has 2 aromatic carbocycles. The number of benzene rings is 2. The molecule has 3 aliphatic heterocycles. The number of carbonyl (C=O) groups excluding carboxylic acids is 1. The zero-order valence-corrected chi connectivity index (χ0v) is 34.8. The first-order chi connectivity index (χ1) is 28.8. The molecular formula is C49H62N8O2. The highest BCUT2D eigenvalue weighted by Gasteiger charge is 2.54. The van der Waals surface area contributed by atoms with Crippen molar-refractivity contribution in [1.82, 2.24) is 34.4 Å². The van der Waals surface area contributed by atoms with Crippen molar-refractivity contribution in [2.45, 2.75) is 114 Å². The van der Waals surface area contributed by atoms with Gasteiger partial charge in [0.05, 0.1) is 11.4 Å². The Balaban J connectivity index is 0.618. The van der Waals surface area contributed by atoms with Gasteiger partial charge in [-0.1, -0.05) is 18.2 Å². The normalized spacial score (nSPS) is 33.2. The van der Waals surface area contributed by atoms with Crippen LogP contribution in [0, 0.1) is 40.4 Å². The third-order valence-corrected chi connectivity index (χ3v) is 17.5. The second-order valence-electron chi connectivity index (χ2n) is 21.1. The number of ether oxygens (including phenoxy) is 1. The average Bonchev–Trinajstić information content (AvgIpc) is 3.94. The van der Waals surface area contributed by atoms with Crippen molar-refractivity contribution < 1.29 is 9.53 Å². The van der Waals surface area contributed by atoms with E-state index in [-0.39, 0.29) is 6.04 Å². The number of rotatable bonds is 8. The van der Waals surface area contributed by atoms with E-state index in [0.29, 0.717) is 22.6 Å². The van der Waals surface area contributed by atoms with Crippen LogP contribution < -0.4 is 10.5 Å². The molecule has 310 valence electrons. The highest BCUT2D eigenvalue weighted by atomic mass is 16.5. The summed E-state index contributed by atoms with van der Waals surface area (Å²) in [7, 11) is 0. The molecule has 59 heavy (non-hydrogen) atoms. The number of para-hydroxylation sites is 1. The molecule has 10 nitrogen and oxygen atoms in total. The summed E-state index contributed by atoms with van der Waals surface area (Å²) in [5.41, 5.74) is 10.1. The summed E-state index contributed by atoms with van der Waals surface area (Å²) in [6, 6.07) is 19.7. The molecule has 10 heteroatoms. The van der Waals surface area contributed by atoms with Gasteiger partial charge in [0, 0.05) is 50.2 Å². The van der Waals surface area contributed by atoms with E-state index in [9.17, 15) is 4.79 Å². The zero-order valence-electron chi connectivity index (χ0n) is 34.8. The van der Waals surface area contributed by atoms with Crippen molar-refractivity contribution in [3.05, 3.63) is 60.9 Å². The molecule has 2 N–H and O–H groups in total. The molecule has 3 atom stereocenters. The topological polar surface area (TPSA) is 106 Å². The maximum Gasteiger partial charge on any atom is 0.223 e. The number of anilines is 1. The highest BCUT2D eigenvalue weighted by molar-refractivity contribution is 5.98. The van der Waals surface area contributed by atoms with E-state index >= 15 is 0 Å². The first kappa shape index (κ1) is 36.8. The quantitative estimate of drug-likeness (QED) is 0.189. The molecule has 1 amide bonds. The fourth-order valence-corrected chi connectivity index (χ4v) is 14.9. The van der Waals surface area contributed by atoms with Crippen LogP contribution in [0.25, 0.3) is 22.3 Å². The minimum absolute atomic E-state index is 0.285. The van der Waals surface area contributed by atoms with E-state index in [1.807, 2.05) is 42.5 Å². The van der Waals surface area contributed by atoms with E-state index in [0.717, 1.165) is 121 Å². The zero-order chi connectivity index (χ0) is 39.3. The molecule has 9 fully saturated rings. The van der Waals surface area contributed by atoms with Crippen LogP contribution in [0.1, 0.15) is 102 Å². The summed E-state index contributed by atoms with van der Waals surface area (Å²) < 4.78 is 8.19. The molecule has 4 aromatic rings. The average molecular weight is 795 g/mol. The number of carbonyl (C=O) groups is 1. The molecule has 4 bridgehead atoms. The minimum Gasteiger partial charge on any atom is -0.457 e. The van der Waals surface area contributed by atoms with Gasteiger partial charge in [0.2, 0.25) is 5.91 Å². The lowest BCUT2D eigenvalue weighted by atomic mass is 9.49. The standard InChI is InChI=1S/C49H62N8O2/c50-46-44-45(35-6-8-42(9-7-35)59-41-4-2-1-3-5-41)53-57(47(44)52-31-51-46)38-10-14-54(15-11-38)40-26-48(27-40)12-16-55(17-13-48)39-21-36-29-56(30-37(36)22-39)43(58)28-49-23-32-18-33(24-49)20-34(19-32)25-49/h1-9,31-34,36-40H,10-30H2,(H2,50,51,52)/t32?,33?,34?,36-,37+,39?,49?. The number of likely N-dealkylation sites (tertiary alicyclic amines) is 3. The number of aromatic nitrogens is 4. The summed E-state index contributed by atoms with van der Waals surface area (Å²) in [6.07, 6.45) is 21.1. The van der Waals surface area contributed by atoms with Crippen molar-refractivity contribution in [2.24, 2.45) is 40.4 Å². The Morgan fingerprint density at radius 2 is 1.34 bits per heavy atom. The molecule has 1 unspecified atom stereocenters. The number of nitrogens with two attached hydrogens (primary N) is 1. The molecule has 0 radical (unpaired) electrons. The molecule has 13 rings (SSSR count). The van der Waals surface area contributed by atoms with Gasteiger partial charge in [-0.25, -0.2) is 14.6 Å². The van der Waals surface area contributed by atoms with E-state index in [1.165, 1.54) is 90.1 Å². The van der Waals surface area contributed by atoms with Gasteiger partial charge in [-0.15, -0.1) is 0 Å². The Morgan fingerprint density at radius 3 is 2.00 bits per heavy atom. The largest absolute Gasteiger partial charge is 0.457 e. The first-order valence-corrected chi connectivity index (χ1v) is 23.4. The lowest BCUT2D eigenvalue weighted by Crippen LogP contribution is -2.57. The lowest BCUT2D eigenvalue weighted by Gasteiger charge is -2.57. The fourth-order valence-electron chi connectivity index (χ4n) is 14.9. The molecule has 2 aromatic heterocycles. The smallest absolute Gasteiger partial charge is 0.223 e. The third kappa shape index (κ3) is 6.66. The molecule has 3 saturated heterocycles. The summed E-state index contributed by atoms with van der Waals surface area (Å²) in [6.45, 7) is 6.84. The Hall–Kier alpha value is -4.02. The predicted octanol–water partition coefficient (Wildman–Crippen LogP) is 8.59. The Labute approximate surface area is 349 Å². The SMILES string of the molecule is Nc1ncnc2c1c(-c1ccc(Oc3ccccc3)cc1)nn2C1CCN(C2CC3(CCN(C4C[C@@H]5CN(C(=O)CC67CC8CC(CC(C8)C6)C7)C[C@@H]5C4)CC3)C2)CC1. The predicted molar refractivity (Wildman–Crippen MR) is 230 cm³/mol.